The predicted molar refractivity (Wildman–Crippen MR) is 53.6 cm³/mol. The van der Waals surface area contributed by atoms with Gasteiger partial charge >= 0.3 is 0 Å². The molecule has 3 heteroatoms. The molecule has 0 aromatic heterocycles. The van der Waals surface area contributed by atoms with Crippen LogP contribution >= 0.6 is 0 Å². The summed E-state index contributed by atoms with van der Waals surface area (Å²) in [4.78, 5) is 0. The van der Waals surface area contributed by atoms with Gasteiger partial charge in [-0.15, -0.1) is 0 Å². The van der Waals surface area contributed by atoms with E-state index in [1.807, 2.05) is 31.2 Å². The quantitative estimate of drug-likeness (QED) is 0.728. The molecule has 72 valence electrons. The van der Waals surface area contributed by atoms with Crippen molar-refractivity contribution in [3.8, 4) is 5.75 Å². The van der Waals surface area contributed by atoms with Crippen molar-refractivity contribution >= 4 is 0 Å². The van der Waals surface area contributed by atoms with Gasteiger partial charge in [0, 0.05) is 12.6 Å². The van der Waals surface area contributed by atoms with E-state index >= 15 is 0 Å². The predicted octanol–water partition coefficient (Wildman–Crippen LogP) is 1.04. The summed E-state index contributed by atoms with van der Waals surface area (Å²) in [5.41, 5.74) is 12.3. The van der Waals surface area contributed by atoms with Crippen LogP contribution in [-0.4, -0.2) is 13.2 Å². The van der Waals surface area contributed by atoms with E-state index in [9.17, 15) is 0 Å². The zero-order chi connectivity index (χ0) is 9.68. The lowest BCUT2D eigenvalue weighted by Crippen LogP contribution is -2.20. The van der Waals surface area contributed by atoms with E-state index in [4.69, 9.17) is 16.2 Å². The molecule has 1 rings (SSSR count). The number of benzene rings is 1. The summed E-state index contributed by atoms with van der Waals surface area (Å²) in [5, 5.41) is 0. The highest BCUT2D eigenvalue weighted by Crippen LogP contribution is 2.17. The van der Waals surface area contributed by atoms with E-state index in [-0.39, 0.29) is 6.04 Å². The minimum Gasteiger partial charge on any atom is -0.494 e. The number of ether oxygens (including phenoxy) is 1. The molecule has 0 amide bonds. The van der Waals surface area contributed by atoms with Gasteiger partial charge in [-0.2, -0.15) is 0 Å². The summed E-state index contributed by atoms with van der Waals surface area (Å²) in [6.07, 6.45) is 0. The fourth-order valence-electron chi connectivity index (χ4n) is 1.14. The number of hydrogen-bond acceptors (Lipinski definition) is 3. The van der Waals surface area contributed by atoms with Crippen molar-refractivity contribution in [2.45, 2.75) is 13.0 Å². The zero-order valence-electron chi connectivity index (χ0n) is 7.86. The lowest BCUT2D eigenvalue weighted by atomic mass is 10.1. The first-order valence-electron chi connectivity index (χ1n) is 4.46. The second kappa shape index (κ2) is 4.84. The van der Waals surface area contributed by atoms with E-state index < -0.39 is 0 Å². The number of hydrogen-bond donors (Lipinski definition) is 2. The summed E-state index contributed by atoms with van der Waals surface area (Å²) < 4.78 is 5.34. The molecule has 13 heavy (non-hydrogen) atoms. The summed E-state index contributed by atoms with van der Waals surface area (Å²) in [6.45, 7) is 3.08. The fourth-order valence-corrected chi connectivity index (χ4v) is 1.14. The SMILES string of the molecule is CCOc1cccc([C@H](N)CN)c1. The molecule has 1 aromatic carbocycles. The van der Waals surface area contributed by atoms with E-state index in [0.29, 0.717) is 13.2 Å². The second-order valence-electron chi connectivity index (χ2n) is 2.85. The first-order valence-corrected chi connectivity index (χ1v) is 4.46. The monoisotopic (exact) mass is 180 g/mol. The van der Waals surface area contributed by atoms with Gasteiger partial charge in [0.15, 0.2) is 0 Å². The summed E-state index contributed by atoms with van der Waals surface area (Å²) in [7, 11) is 0. The minimum absolute atomic E-state index is 0.0968. The molecule has 1 aromatic rings. The first kappa shape index (κ1) is 10.0. The Morgan fingerprint density at radius 1 is 1.46 bits per heavy atom. The van der Waals surface area contributed by atoms with Gasteiger partial charge in [-0.1, -0.05) is 12.1 Å². The Morgan fingerprint density at radius 3 is 2.85 bits per heavy atom. The van der Waals surface area contributed by atoms with Crippen molar-refractivity contribution in [2.24, 2.45) is 11.5 Å². The fraction of sp³-hybridized carbons (Fsp3) is 0.400. The van der Waals surface area contributed by atoms with Crippen molar-refractivity contribution in [3.63, 3.8) is 0 Å². The van der Waals surface area contributed by atoms with Crippen LogP contribution in [0, 0.1) is 0 Å². The van der Waals surface area contributed by atoms with E-state index in [1.54, 1.807) is 0 Å². The zero-order valence-corrected chi connectivity index (χ0v) is 7.86. The van der Waals surface area contributed by atoms with Crippen LogP contribution in [0.1, 0.15) is 18.5 Å². The van der Waals surface area contributed by atoms with Crippen molar-refractivity contribution in [2.75, 3.05) is 13.2 Å². The van der Waals surface area contributed by atoms with Crippen LogP contribution in [0.4, 0.5) is 0 Å². The minimum atomic E-state index is -0.0968. The molecule has 0 aliphatic heterocycles. The molecular weight excluding hydrogens is 164 g/mol. The normalized spacial score (nSPS) is 12.5. The third-order valence-electron chi connectivity index (χ3n) is 1.85. The van der Waals surface area contributed by atoms with Crippen LogP contribution in [0.5, 0.6) is 5.75 Å². The lowest BCUT2D eigenvalue weighted by molar-refractivity contribution is 0.339. The molecular formula is C10H16N2O. The number of nitrogens with two attached hydrogens (primary N) is 2. The molecule has 0 heterocycles. The molecule has 1 atom stereocenters. The molecule has 0 unspecified atom stereocenters. The van der Waals surface area contributed by atoms with Crippen molar-refractivity contribution < 1.29 is 4.74 Å². The van der Waals surface area contributed by atoms with Crippen molar-refractivity contribution in [1.29, 1.82) is 0 Å². The molecule has 0 bridgehead atoms. The topological polar surface area (TPSA) is 61.3 Å². The molecule has 0 fully saturated rings. The first-order chi connectivity index (χ1) is 6.27. The van der Waals surface area contributed by atoms with Crippen molar-refractivity contribution in [3.05, 3.63) is 29.8 Å². The Labute approximate surface area is 78.7 Å². The molecule has 0 aliphatic carbocycles. The highest BCUT2D eigenvalue weighted by molar-refractivity contribution is 5.30. The highest BCUT2D eigenvalue weighted by Gasteiger charge is 2.03. The maximum atomic E-state index is 5.78. The number of rotatable bonds is 4. The summed E-state index contributed by atoms with van der Waals surface area (Å²) in [6, 6.07) is 7.63. The van der Waals surface area contributed by atoms with Gasteiger partial charge in [-0.25, -0.2) is 0 Å². The molecule has 0 saturated carbocycles. The van der Waals surface area contributed by atoms with Crippen LogP contribution in [0.2, 0.25) is 0 Å². The van der Waals surface area contributed by atoms with Gasteiger partial charge in [-0.3, -0.25) is 0 Å². The maximum absolute atomic E-state index is 5.78. The molecule has 0 saturated heterocycles. The van der Waals surface area contributed by atoms with Gasteiger partial charge in [0.1, 0.15) is 5.75 Å². The molecule has 4 N–H and O–H groups in total. The smallest absolute Gasteiger partial charge is 0.119 e. The Kier molecular flexibility index (Phi) is 3.73. The average Bonchev–Trinajstić information content (AvgIpc) is 2.18. The van der Waals surface area contributed by atoms with E-state index in [1.165, 1.54) is 0 Å². The summed E-state index contributed by atoms with van der Waals surface area (Å²) in [5.74, 6) is 0.851. The molecule has 0 spiro atoms. The average molecular weight is 180 g/mol. The molecule has 0 aliphatic rings. The Morgan fingerprint density at radius 2 is 2.23 bits per heavy atom. The Hall–Kier alpha value is -1.06. The van der Waals surface area contributed by atoms with Gasteiger partial charge in [-0.05, 0) is 24.6 Å². The van der Waals surface area contributed by atoms with Crippen LogP contribution in [0.3, 0.4) is 0 Å². The third-order valence-corrected chi connectivity index (χ3v) is 1.85. The largest absolute Gasteiger partial charge is 0.494 e. The molecule has 3 nitrogen and oxygen atoms in total. The van der Waals surface area contributed by atoms with Gasteiger partial charge in [0.2, 0.25) is 0 Å². The second-order valence-corrected chi connectivity index (χ2v) is 2.85. The van der Waals surface area contributed by atoms with Crippen molar-refractivity contribution in [1.82, 2.24) is 0 Å². The summed E-state index contributed by atoms with van der Waals surface area (Å²) >= 11 is 0. The lowest BCUT2D eigenvalue weighted by Gasteiger charge is -2.10. The van der Waals surface area contributed by atoms with Crippen LogP contribution in [-0.2, 0) is 0 Å². The van der Waals surface area contributed by atoms with Crippen LogP contribution in [0.15, 0.2) is 24.3 Å². The van der Waals surface area contributed by atoms with E-state index in [2.05, 4.69) is 0 Å². The standard InChI is InChI=1S/C10H16N2O/c1-2-13-9-5-3-4-8(6-9)10(12)7-11/h3-6,10H,2,7,11-12H2,1H3/t10-/m1/s1. The van der Waals surface area contributed by atoms with Crippen LogP contribution in [0.25, 0.3) is 0 Å². The molecule has 0 radical (unpaired) electrons. The Balaban J connectivity index is 2.78. The van der Waals surface area contributed by atoms with E-state index in [0.717, 1.165) is 11.3 Å². The van der Waals surface area contributed by atoms with Crippen LogP contribution < -0.4 is 16.2 Å². The van der Waals surface area contributed by atoms with Gasteiger partial charge < -0.3 is 16.2 Å². The highest BCUT2D eigenvalue weighted by atomic mass is 16.5. The van der Waals surface area contributed by atoms with Gasteiger partial charge in [0.05, 0.1) is 6.61 Å². The van der Waals surface area contributed by atoms with Gasteiger partial charge in [0.25, 0.3) is 0 Å². The maximum Gasteiger partial charge on any atom is 0.119 e. The Bertz CT molecular complexity index is 263. The third kappa shape index (κ3) is 2.72.